The van der Waals surface area contributed by atoms with Crippen LogP contribution >= 0.6 is 0 Å². The van der Waals surface area contributed by atoms with Crippen molar-refractivity contribution in [2.45, 2.75) is 25.9 Å². The van der Waals surface area contributed by atoms with Crippen LogP contribution in [0, 0.1) is 5.41 Å². The van der Waals surface area contributed by atoms with E-state index in [1.165, 1.54) is 0 Å². The predicted molar refractivity (Wildman–Crippen MR) is 65.6 cm³/mol. The van der Waals surface area contributed by atoms with Gasteiger partial charge in [0.25, 0.3) is 0 Å². The molecule has 16 heavy (non-hydrogen) atoms. The van der Waals surface area contributed by atoms with Crippen LogP contribution < -0.4 is 5.32 Å². The molecule has 0 bridgehead atoms. The van der Waals surface area contributed by atoms with Gasteiger partial charge in [0.1, 0.15) is 0 Å². The smallest absolute Gasteiger partial charge is 0.0718 e. The summed E-state index contributed by atoms with van der Waals surface area (Å²) < 4.78 is 5.51. The maximum Gasteiger partial charge on any atom is 0.0718 e. The van der Waals surface area contributed by atoms with Crippen LogP contribution in [0.5, 0.6) is 0 Å². The van der Waals surface area contributed by atoms with Crippen molar-refractivity contribution in [3.63, 3.8) is 0 Å². The first-order chi connectivity index (χ1) is 7.37. The summed E-state index contributed by atoms with van der Waals surface area (Å²) in [4.78, 5) is 2.20. The van der Waals surface area contributed by atoms with E-state index in [1.807, 2.05) is 20.9 Å². The van der Waals surface area contributed by atoms with Crippen molar-refractivity contribution >= 4 is 0 Å². The molecule has 1 saturated heterocycles. The molecule has 96 valence electrons. The van der Waals surface area contributed by atoms with E-state index in [-0.39, 0.29) is 5.41 Å². The van der Waals surface area contributed by atoms with Crippen molar-refractivity contribution < 1.29 is 9.84 Å². The summed E-state index contributed by atoms with van der Waals surface area (Å²) in [5, 5.41) is 13.0. The maximum absolute atomic E-state index is 9.79. The molecule has 1 unspecified atom stereocenters. The summed E-state index contributed by atoms with van der Waals surface area (Å²) in [7, 11) is 4.05. The molecular weight excluding hydrogens is 204 g/mol. The lowest BCUT2D eigenvalue weighted by Gasteiger charge is -2.34. The number of aliphatic hydroxyl groups is 1. The molecule has 0 amide bonds. The zero-order valence-corrected chi connectivity index (χ0v) is 11.0. The molecule has 0 radical (unpaired) electrons. The average Bonchev–Trinajstić information content (AvgIpc) is 2.49. The number of ether oxygens (including phenoxy) is 1. The van der Waals surface area contributed by atoms with Gasteiger partial charge in [-0.15, -0.1) is 0 Å². The van der Waals surface area contributed by atoms with Crippen LogP contribution in [0.25, 0.3) is 0 Å². The molecule has 0 aromatic carbocycles. The van der Waals surface area contributed by atoms with Crippen molar-refractivity contribution in [1.82, 2.24) is 10.2 Å². The third-order valence-electron chi connectivity index (χ3n) is 3.00. The van der Waals surface area contributed by atoms with Gasteiger partial charge in [-0.1, -0.05) is 0 Å². The van der Waals surface area contributed by atoms with Gasteiger partial charge in [0.2, 0.25) is 0 Å². The van der Waals surface area contributed by atoms with Gasteiger partial charge < -0.3 is 20.1 Å². The Morgan fingerprint density at radius 1 is 1.50 bits per heavy atom. The highest BCUT2D eigenvalue weighted by molar-refractivity contribution is 4.88. The minimum absolute atomic E-state index is 0.217. The molecule has 1 aliphatic heterocycles. The number of likely N-dealkylation sites (N-methyl/N-ethyl adjacent to an activating group) is 1. The highest BCUT2D eigenvalue weighted by atomic mass is 16.5. The van der Waals surface area contributed by atoms with E-state index in [0.717, 1.165) is 32.7 Å². The molecule has 0 saturated carbocycles. The minimum Gasteiger partial charge on any atom is -0.389 e. The quantitative estimate of drug-likeness (QED) is 0.689. The predicted octanol–water partition coefficient (Wildman–Crippen LogP) is 0.315. The van der Waals surface area contributed by atoms with Crippen molar-refractivity contribution in [3.05, 3.63) is 0 Å². The Balaban J connectivity index is 2.48. The van der Waals surface area contributed by atoms with Gasteiger partial charge in [-0.2, -0.15) is 0 Å². The van der Waals surface area contributed by atoms with E-state index in [4.69, 9.17) is 4.74 Å². The highest BCUT2D eigenvalue weighted by Gasteiger charge is 2.36. The van der Waals surface area contributed by atoms with Gasteiger partial charge in [0, 0.05) is 31.7 Å². The van der Waals surface area contributed by atoms with Crippen LogP contribution in [0.2, 0.25) is 0 Å². The summed E-state index contributed by atoms with van der Waals surface area (Å²) in [5.74, 6) is 0. The lowest BCUT2D eigenvalue weighted by atomic mass is 9.86. The number of rotatable bonds is 6. The first-order valence-electron chi connectivity index (χ1n) is 6.00. The van der Waals surface area contributed by atoms with Gasteiger partial charge >= 0.3 is 0 Å². The molecule has 1 fully saturated rings. The molecule has 1 atom stereocenters. The van der Waals surface area contributed by atoms with Crippen molar-refractivity contribution in [2.24, 2.45) is 5.41 Å². The third-order valence-corrected chi connectivity index (χ3v) is 3.00. The first kappa shape index (κ1) is 13.9. The summed E-state index contributed by atoms with van der Waals surface area (Å²) in [6, 6.07) is 0. The third kappa shape index (κ3) is 4.37. The zero-order valence-electron chi connectivity index (χ0n) is 11.0. The van der Waals surface area contributed by atoms with Crippen LogP contribution in [-0.4, -0.2) is 62.6 Å². The highest BCUT2D eigenvalue weighted by Crippen LogP contribution is 2.29. The summed E-state index contributed by atoms with van der Waals surface area (Å²) in [6.07, 6.45) is 1.10. The standard InChI is InChI=1S/C12H26N2O2/c1-11(2,15)8-14(4)9-12(7-13-3)5-6-16-10-12/h13,15H,5-10H2,1-4H3. The van der Waals surface area contributed by atoms with Gasteiger partial charge in [0.15, 0.2) is 0 Å². The molecule has 0 spiro atoms. The fraction of sp³-hybridized carbons (Fsp3) is 1.00. The monoisotopic (exact) mass is 230 g/mol. The van der Waals surface area contributed by atoms with Gasteiger partial charge in [0.05, 0.1) is 12.2 Å². The van der Waals surface area contributed by atoms with E-state index in [2.05, 4.69) is 17.3 Å². The van der Waals surface area contributed by atoms with Crippen molar-refractivity contribution in [3.8, 4) is 0 Å². The molecule has 0 aliphatic carbocycles. The summed E-state index contributed by atoms with van der Waals surface area (Å²) in [6.45, 7) is 8.01. The second-order valence-electron chi connectivity index (χ2n) is 5.82. The average molecular weight is 230 g/mol. The van der Waals surface area contributed by atoms with Crippen LogP contribution in [0.4, 0.5) is 0 Å². The van der Waals surface area contributed by atoms with E-state index < -0.39 is 5.60 Å². The van der Waals surface area contributed by atoms with Crippen molar-refractivity contribution in [1.29, 1.82) is 0 Å². The number of hydrogen-bond acceptors (Lipinski definition) is 4. The van der Waals surface area contributed by atoms with E-state index in [0.29, 0.717) is 6.54 Å². The second-order valence-corrected chi connectivity index (χ2v) is 5.82. The van der Waals surface area contributed by atoms with Gasteiger partial charge in [-0.3, -0.25) is 0 Å². The van der Waals surface area contributed by atoms with E-state index in [9.17, 15) is 5.11 Å². The summed E-state index contributed by atoms with van der Waals surface area (Å²) >= 11 is 0. The Morgan fingerprint density at radius 2 is 2.19 bits per heavy atom. The fourth-order valence-electron chi connectivity index (χ4n) is 2.63. The topological polar surface area (TPSA) is 44.7 Å². The molecular formula is C12H26N2O2. The molecule has 1 aliphatic rings. The normalized spacial score (nSPS) is 26.6. The largest absolute Gasteiger partial charge is 0.389 e. The molecule has 1 heterocycles. The van der Waals surface area contributed by atoms with E-state index in [1.54, 1.807) is 0 Å². The van der Waals surface area contributed by atoms with Crippen LogP contribution in [0.1, 0.15) is 20.3 Å². The SMILES string of the molecule is CNCC1(CN(C)CC(C)(C)O)CCOC1. The van der Waals surface area contributed by atoms with E-state index >= 15 is 0 Å². The van der Waals surface area contributed by atoms with Crippen molar-refractivity contribution in [2.75, 3.05) is 46.9 Å². The van der Waals surface area contributed by atoms with Crippen LogP contribution in [0.15, 0.2) is 0 Å². The zero-order chi connectivity index (χ0) is 12.2. The molecule has 4 heteroatoms. The molecule has 0 aromatic rings. The molecule has 2 N–H and O–H groups in total. The Hall–Kier alpha value is -0.160. The maximum atomic E-state index is 9.79. The molecule has 4 nitrogen and oxygen atoms in total. The lowest BCUT2D eigenvalue weighted by Crippen LogP contribution is -2.46. The van der Waals surface area contributed by atoms with Gasteiger partial charge in [-0.25, -0.2) is 0 Å². The second kappa shape index (κ2) is 5.45. The minimum atomic E-state index is -0.630. The number of nitrogens with one attached hydrogen (secondary N) is 1. The van der Waals surface area contributed by atoms with Gasteiger partial charge in [-0.05, 0) is 34.4 Å². The first-order valence-corrected chi connectivity index (χ1v) is 6.00. The fourth-order valence-corrected chi connectivity index (χ4v) is 2.63. The Morgan fingerprint density at radius 3 is 2.62 bits per heavy atom. The Bertz CT molecular complexity index is 208. The number of nitrogens with zero attached hydrogens (tertiary/aromatic N) is 1. The van der Waals surface area contributed by atoms with Crippen LogP contribution in [0.3, 0.4) is 0 Å². The van der Waals surface area contributed by atoms with Crippen LogP contribution in [-0.2, 0) is 4.74 Å². The molecule has 0 aromatic heterocycles. The number of hydrogen-bond donors (Lipinski definition) is 2. The molecule has 1 rings (SSSR count). The Kier molecular flexibility index (Phi) is 4.73. The summed E-state index contributed by atoms with van der Waals surface area (Å²) in [5.41, 5.74) is -0.413. The lowest BCUT2D eigenvalue weighted by molar-refractivity contribution is 0.0277. The Labute approximate surface area is 99.0 Å².